The molecule has 3 N–H and O–H groups in total. The second kappa shape index (κ2) is 16.8. The molecule has 7 nitrogen and oxygen atoms in total. The Bertz CT molecular complexity index is 1230. The standard InChI is InChI=1S/C19H23N3O4S3.C8H12/c1-4-17(27-6-3)19-21-16(12-28-19)15(20-18(23)5-2)11-13-7-9-14(10-8-13)22-29(24,25)26;1-4-5-6-7-8(2)3/h4,6-10,12,15,22H,3,5,11H2,1-2H3,(H,20,23)(H,24,25,26);4-7H,2H2,1,3H3/b17-4-;5-4-,7-6-/t15-;/m0./s1. The first-order chi connectivity index (χ1) is 17.5. The van der Waals surface area contributed by atoms with Gasteiger partial charge in [0, 0.05) is 16.7 Å². The number of nitrogens with one attached hydrogen (secondary N) is 2. The van der Waals surface area contributed by atoms with Crippen LogP contribution in [0.1, 0.15) is 56.4 Å². The van der Waals surface area contributed by atoms with Gasteiger partial charge >= 0.3 is 10.3 Å². The monoisotopic (exact) mass is 561 g/mol. The lowest BCUT2D eigenvalue weighted by atomic mass is 10.0. The maximum absolute atomic E-state index is 12.0. The van der Waals surface area contributed by atoms with Crippen LogP contribution in [0.4, 0.5) is 5.69 Å². The van der Waals surface area contributed by atoms with E-state index in [0.717, 1.165) is 26.7 Å². The molecule has 37 heavy (non-hydrogen) atoms. The van der Waals surface area contributed by atoms with Crippen molar-refractivity contribution in [2.75, 3.05) is 4.72 Å². The summed E-state index contributed by atoms with van der Waals surface area (Å²) in [6.45, 7) is 15.1. The zero-order chi connectivity index (χ0) is 27.8. The number of aromatic nitrogens is 1. The minimum Gasteiger partial charge on any atom is -0.347 e. The second-order valence-electron chi connectivity index (χ2n) is 7.70. The summed E-state index contributed by atoms with van der Waals surface area (Å²) >= 11 is 2.99. The highest BCUT2D eigenvalue weighted by molar-refractivity contribution is 8.11. The van der Waals surface area contributed by atoms with Gasteiger partial charge in [0.05, 0.1) is 17.4 Å². The molecule has 0 fully saturated rings. The van der Waals surface area contributed by atoms with E-state index in [0.29, 0.717) is 12.8 Å². The van der Waals surface area contributed by atoms with Crippen molar-refractivity contribution in [1.29, 1.82) is 0 Å². The lowest BCUT2D eigenvalue weighted by Gasteiger charge is -2.17. The van der Waals surface area contributed by atoms with Gasteiger partial charge in [0.1, 0.15) is 5.01 Å². The molecular formula is C27H35N3O4S3. The third kappa shape index (κ3) is 13.3. The first-order valence-corrected chi connectivity index (χ1v) is 14.7. The normalized spacial score (nSPS) is 12.6. The number of carbonyl (C=O) groups is 1. The molecule has 1 atom stereocenters. The number of nitrogens with zero attached hydrogens (tertiary/aromatic N) is 1. The lowest BCUT2D eigenvalue weighted by Crippen LogP contribution is -2.29. The van der Waals surface area contributed by atoms with E-state index >= 15 is 0 Å². The Morgan fingerprint density at radius 2 is 1.92 bits per heavy atom. The average molecular weight is 562 g/mol. The molecule has 10 heteroatoms. The Morgan fingerprint density at radius 1 is 1.24 bits per heavy atom. The molecule has 1 aromatic carbocycles. The van der Waals surface area contributed by atoms with Gasteiger partial charge in [0.15, 0.2) is 0 Å². The molecule has 0 aliphatic carbocycles. The zero-order valence-electron chi connectivity index (χ0n) is 21.6. The van der Waals surface area contributed by atoms with Crippen LogP contribution in [0, 0.1) is 0 Å². The van der Waals surface area contributed by atoms with Crippen LogP contribution in [0.15, 0.2) is 84.2 Å². The van der Waals surface area contributed by atoms with E-state index in [4.69, 9.17) is 9.54 Å². The number of anilines is 1. The summed E-state index contributed by atoms with van der Waals surface area (Å²) < 4.78 is 32.7. The molecule has 1 heterocycles. The van der Waals surface area contributed by atoms with E-state index in [1.54, 1.807) is 36.6 Å². The van der Waals surface area contributed by atoms with Crippen LogP contribution in [-0.2, 0) is 21.5 Å². The molecule has 1 amide bonds. The maximum atomic E-state index is 12.0. The maximum Gasteiger partial charge on any atom is 0.357 e. The number of carbonyl (C=O) groups excluding carboxylic acids is 1. The van der Waals surface area contributed by atoms with E-state index < -0.39 is 10.3 Å². The quantitative estimate of drug-likeness (QED) is 0.188. The number of hydrogen-bond acceptors (Lipinski definition) is 6. The lowest BCUT2D eigenvalue weighted by molar-refractivity contribution is -0.121. The van der Waals surface area contributed by atoms with E-state index in [2.05, 4.69) is 18.5 Å². The van der Waals surface area contributed by atoms with Gasteiger partial charge < -0.3 is 5.32 Å². The molecule has 0 aliphatic rings. The van der Waals surface area contributed by atoms with Crippen LogP contribution in [0.2, 0.25) is 0 Å². The number of rotatable bonds is 12. The third-order valence-corrected chi connectivity index (χ3v) is 6.91. The van der Waals surface area contributed by atoms with Crippen LogP contribution in [0.25, 0.3) is 4.91 Å². The minimum absolute atomic E-state index is 0.0825. The minimum atomic E-state index is -4.32. The van der Waals surface area contributed by atoms with Gasteiger partial charge in [-0.2, -0.15) is 8.42 Å². The molecule has 0 aliphatic heterocycles. The van der Waals surface area contributed by atoms with Crippen molar-refractivity contribution in [1.82, 2.24) is 10.3 Å². The number of amides is 1. The van der Waals surface area contributed by atoms with Gasteiger partial charge in [-0.15, -0.1) is 11.3 Å². The van der Waals surface area contributed by atoms with Crippen LogP contribution in [0.3, 0.4) is 0 Å². The van der Waals surface area contributed by atoms with Crippen molar-refractivity contribution in [3.8, 4) is 0 Å². The largest absolute Gasteiger partial charge is 0.357 e. The number of thioether (sulfide) groups is 1. The summed E-state index contributed by atoms with van der Waals surface area (Å²) in [5.41, 5.74) is 2.98. The molecule has 0 spiro atoms. The van der Waals surface area contributed by atoms with E-state index in [-0.39, 0.29) is 17.6 Å². The Labute approximate surface area is 229 Å². The van der Waals surface area contributed by atoms with Crippen molar-refractivity contribution in [3.63, 3.8) is 0 Å². The molecule has 0 bridgehead atoms. The topological polar surface area (TPSA) is 108 Å². The molecule has 200 valence electrons. The molecule has 0 unspecified atom stereocenters. The smallest absolute Gasteiger partial charge is 0.347 e. The van der Waals surface area contributed by atoms with Crippen LogP contribution in [0.5, 0.6) is 0 Å². The first kappa shape index (κ1) is 32.1. The van der Waals surface area contributed by atoms with Gasteiger partial charge in [-0.3, -0.25) is 14.1 Å². The second-order valence-corrected chi connectivity index (χ2v) is 10.7. The zero-order valence-corrected chi connectivity index (χ0v) is 24.1. The predicted octanol–water partition coefficient (Wildman–Crippen LogP) is 7.10. The van der Waals surface area contributed by atoms with Gasteiger partial charge in [-0.25, -0.2) is 4.98 Å². The Morgan fingerprint density at radius 3 is 2.43 bits per heavy atom. The van der Waals surface area contributed by atoms with E-state index in [9.17, 15) is 13.2 Å². The Kier molecular flexibility index (Phi) is 14.5. The fourth-order valence-corrected chi connectivity index (χ4v) is 4.87. The summed E-state index contributed by atoms with van der Waals surface area (Å²) in [5, 5.41) is 7.52. The number of allylic oxidation sites excluding steroid dienone is 6. The van der Waals surface area contributed by atoms with Crippen molar-refractivity contribution in [2.24, 2.45) is 0 Å². The molecule has 0 saturated heterocycles. The van der Waals surface area contributed by atoms with Crippen molar-refractivity contribution >= 4 is 49.9 Å². The average Bonchev–Trinajstić information content (AvgIpc) is 3.32. The SMILES string of the molecule is C=C(C)/C=C\C=C/C.C=CS/C(=C\C)c1nc([C@H](Cc2ccc(NS(=O)(=O)O)cc2)NC(=O)CC)cs1. The van der Waals surface area contributed by atoms with E-state index in [1.165, 1.54) is 23.1 Å². The van der Waals surface area contributed by atoms with Crippen LogP contribution < -0.4 is 10.0 Å². The van der Waals surface area contributed by atoms with Gasteiger partial charge in [-0.1, -0.05) is 79.9 Å². The predicted molar refractivity (Wildman–Crippen MR) is 159 cm³/mol. The number of hydrogen-bond donors (Lipinski definition) is 3. The van der Waals surface area contributed by atoms with E-state index in [1.807, 2.05) is 61.3 Å². The molecule has 2 aromatic rings. The van der Waals surface area contributed by atoms with Crippen molar-refractivity contribution in [3.05, 3.63) is 100 Å². The number of benzene rings is 1. The van der Waals surface area contributed by atoms with Crippen LogP contribution in [-0.4, -0.2) is 23.9 Å². The van der Waals surface area contributed by atoms with Crippen LogP contribution >= 0.6 is 23.1 Å². The Balaban J connectivity index is 0.000000738. The molecule has 0 saturated carbocycles. The molecular weight excluding hydrogens is 527 g/mol. The molecule has 2 rings (SSSR count). The first-order valence-electron chi connectivity index (χ1n) is 11.5. The van der Waals surface area contributed by atoms with Crippen molar-refractivity contribution < 1.29 is 17.8 Å². The fraction of sp³-hybridized carbons (Fsp3) is 0.259. The molecule has 1 aromatic heterocycles. The summed E-state index contributed by atoms with van der Waals surface area (Å²) in [4.78, 5) is 17.7. The highest BCUT2D eigenvalue weighted by atomic mass is 32.2. The van der Waals surface area contributed by atoms with Gasteiger partial charge in [0.2, 0.25) is 5.91 Å². The summed E-state index contributed by atoms with van der Waals surface area (Å²) in [5.74, 6) is -0.0825. The summed E-state index contributed by atoms with van der Waals surface area (Å²) in [6, 6.07) is 6.24. The number of thiazole rings is 1. The highest BCUT2D eigenvalue weighted by Crippen LogP contribution is 2.32. The Hall–Kier alpha value is -2.92. The van der Waals surface area contributed by atoms with Gasteiger partial charge in [0.25, 0.3) is 0 Å². The molecule has 0 radical (unpaired) electrons. The summed E-state index contributed by atoms with van der Waals surface area (Å²) in [7, 11) is -4.32. The third-order valence-electron chi connectivity index (χ3n) is 4.54. The summed E-state index contributed by atoms with van der Waals surface area (Å²) in [6.07, 6.45) is 10.7. The van der Waals surface area contributed by atoms with Gasteiger partial charge in [-0.05, 0) is 50.3 Å². The highest BCUT2D eigenvalue weighted by Gasteiger charge is 2.19. The fourth-order valence-electron chi connectivity index (χ4n) is 2.84. The van der Waals surface area contributed by atoms with Crippen molar-refractivity contribution in [2.45, 2.75) is 46.6 Å².